The number of rotatable bonds is 43. The van der Waals surface area contributed by atoms with Crippen LogP contribution in [-0.4, -0.2) is 73.4 Å². The summed E-state index contributed by atoms with van der Waals surface area (Å²) in [6.45, 7) is 4.73. The van der Waals surface area contributed by atoms with E-state index < -0.39 is 20.0 Å². The molecular weight excluding hydrogens is 744 g/mol. The standard InChI is InChI=1S/C49H93N2O6P/c1-6-8-10-12-14-16-18-20-21-22-23-24-25-26-27-28-29-30-31-33-35-37-39-41-43-49(53)50-47(46-57-58(54,55)56-45-44-51(3,4)5)48(52)42-40-38-36-34-32-19-17-15-13-11-9-7-2/h13,15,26-27,32,34,40,42,47-48,52H,6-12,14,16-25,28-31,33,35-39,41,43-46H2,1-5H3,(H-,50,53,54,55)/p+1/b15-13+,27-26-,34-32+,42-40+. The number of allylic oxidation sites excluding steroid dienone is 7. The number of aliphatic hydroxyl groups is 1. The lowest BCUT2D eigenvalue weighted by Crippen LogP contribution is -2.45. The number of nitrogens with zero attached hydrogens (tertiary/aromatic N) is 1. The number of phosphoric acid groups is 1. The number of phosphoric ester groups is 1. The molecule has 0 heterocycles. The maximum atomic E-state index is 12.9. The van der Waals surface area contributed by atoms with Crippen molar-refractivity contribution in [3.05, 3.63) is 48.6 Å². The molecule has 0 radical (unpaired) electrons. The average molecular weight is 838 g/mol. The van der Waals surface area contributed by atoms with Crippen LogP contribution in [0.15, 0.2) is 48.6 Å². The van der Waals surface area contributed by atoms with Crippen LogP contribution in [0.2, 0.25) is 0 Å². The van der Waals surface area contributed by atoms with E-state index in [1.165, 1.54) is 135 Å². The van der Waals surface area contributed by atoms with Gasteiger partial charge in [0, 0.05) is 6.42 Å². The zero-order chi connectivity index (χ0) is 42.8. The molecule has 0 aromatic heterocycles. The summed E-state index contributed by atoms with van der Waals surface area (Å²) in [7, 11) is 1.54. The number of amides is 1. The summed E-state index contributed by atoms with van der Waals surface area (Å²) < 4.78 is 23.5. The third-order valence-corrected chi connectivity index (χ3v) is 11.5. The van der Waals surface area contributed by atoms with E-state index in [1.54, 1.807) is 6.08 Å². The molecule has 3 atom stereocenters. The van der Waals surface area contributed by atoms with Crippen molar-refractivity contribution in [1.29, 1.82) is 0 Å². The number of hydrogen-bond donors (Lipinski definition) is 3. The number of carbonyl (C=O) groups excluding carboxylic acids is 1. The summed E-state index contributed by atoms with van der Waals surface area (Å²) in [5.41, 5.74) is 0. The molecule has 0 rings (SSSR count). The van der Waals surface area contributed by atoms with E-state index in [4.69, 9.17) is 9.05 Å². The third-order valence-electron chi connectivity index (χ3n) is 10.5. The van der Waals surface area contributed by atoms with Gasteiger partial charge in [-0.2, -0.15) is 0 Å². The molecule has 0 fully saturated rings. The number of aliphatic hydroxyl groups excluding tert-OH is 1. The molecule has 3 N–H and O–H groups in total. The summed E-state index contributed by atoms with van der Waals surface area (Å²) in [5.74, 6) is -0.196. The van der Waals surface area contributed by atoms with Crippen molar-refractivity contribution in [1.82, 2.24) is 5.32 Å². The van der Waals surface area contributed by atoms with E-state index >= 15 is 0 Å². The fourth-order valence-corrected chi connectivity index (χ4v) is 7.38. The lowest BCUT2D eigenvalue weighted by Gasteiger charge is -2.25. The van der Waals surface area contributed by atoms with Gasteiger partial charge in [0.2, 0.25) is 5.91 Å². The van der Waals surface area contributed by atoms with Gasteiger partial charge < -0.3 is 19.8 Å². The maximum Gasteiger partial charge on any atom is 0.472 e. The number of likely N-dealkylation sites (N-methyl/N-ethyl adjacent to an activating group) is 1. The molecule has 0 saturated heterocycles. The Morgan fingerprint density at radius 3 is 1.43 bits per heavy atom. The predicted molar refractivity (Wildman–Crippen MR) is 249 cm³/mol. The van der Waals surface area contributed by atoms with Gasteiger partial charge in [-0.1, -0.05) is 184 Å². The zero-order valence-corrected chi connectivity index (χ0v) is 39.4. The molecule has 8 nitrogen and oxygen atoms in total. The van der Waals surface area contributed by atoms with E-state index in [1.807, 2.05) is 27.2 Å². The number of hydrogen-bond acceptors (Lipinski definition) is 5. The molecule has 0 aromatic carbocycles. The first kappa shape index (κ1) is 56.5. The van der Waals surface area contributed by atoms with E-state index in [0.29, 0.717) is 17.4 Å². The normalized spacial score (nSPS) is 14.7. The second-order valence-corrected chi connectivity index (χ2v) is 18.9. The van der Waals surface area contributed by atoms with Crippen molar-refractivity contribution >= 4 is 13.7 Å². The summed E-state index contributed by atoms with van der Waals surface area (Å²) in [4.78, 5) is 23.1. The molecule has 58 heavy (non-hydrogen) atoms. The molecule has 3 unspecified atom stereocenters. The van der Waals surface area contributed by atoms with Gasteiger partial charge in [0.15, 0.2) is 0 Å². The Kier molecular flexibility index (Phi) is 39.8. The molecule has 0 saturated carbocycles. The monoisotopic (exact) mass is 838 g/mol. The maximum absolute atomic E-state index is 12.9. The molecule has 9 heteroatoms. The Bertz CT molecular complexity index is 1090. The van der Waals surface area contributed by atoms with Gasteiger partial charge in [-0.25, -0.2) is 4.57 Å². The molecule has 0 spiro atoms. The SMILES string of the molecule is CCCC/C=C/CC/C=C/CC/C=C/C(O)C(COP(=O)(O)OCC[N+](C)(C)C)NC(=O)CCCCCCCCCC/C=C\CCCCCCCCCCCCCC. The van der Waals surface area contributed by atoms with Crippen LogP contribution in [0.1, 0.15) is 206 Å². The van der Waals surface area contributed by atoms with Crippen molar-refractivity contribution < 1.29 is 32.9 Å². The molecule has 1 amide bonds. The second kappa shape index (κ2) is 40.8. The van der Waals surface area contributed by atoms with E-state index in [0.717, 1.165) is 51.4 Å². The molecular formula is C49H94N2O6P+. The van der Waals surface area contributed by atoms with Crippen LogP contribution >= 0.6 is 7.82 Å². The highest BCUT2D eigenvalue weighted by molar-refractivity contribution is 7.47. The molecule has 340 valence electrons. The van der Waals surface area contributed by atoms with Crippen molar-refractivity contribution in [2.75, 3.05) is 40.9 Å². The Morgan fingerprint density at radius 2 is 0.966 bits per heavy atom. The molecule has 0 aliphatic carbocycles. The zero-order valence-electron chi connectivity index (χ0n) is 38.5. The minimum Gasteiger partial charge on any atom is -0.387 e. The largest absolute Gasteiger partial charge is 0.472 e. The Hall–Kier alpha value is -1.54. The van der Waals surface area contributed by atoms with Crippen LogP contribution in [0.5, 0.6) is 0 Å². The summed E-state index contributed by atoms with van der Waals surface area (Å²) in [6.07, 6.45) is 52.0. The third kappa shape index (κ3) is 42.6. The van der Waals surface area contributed by atoms with E-state index in [2.05, 4.69) is 55.6 Å². The Labute approximate surface area is 359 Å². The van der Waals surface area contributed by atoms with Crippen LogP contribution in [0.3, 0.4) is 0 Å². The predicted octanol–water partition coefficient (Wildman–Crippen LogP) is 13.6. The van der Waals surface area contributed by atoms with Gasteiger partial charge in [0.25, 0.3) is 0 Å². The van der Waals surface area contributed by atoms with Crippen molar-refractivity contribution in [2.24, 2.45) is 0 Å². The fourth-order valence-electron chi connectivity index (χ4n) is 6.64. The smallest absolute Gasteiger partial charge is 0.387 e. The number of carbonyl (C=O) groups is 1. The number of nitrogens with one attached hydrogen (secondary N) is 1. The fraction of sp³-hybridized carbons (Fsp3) is 0.816. The molecule has 0 bridgehead atoms. The van der Waals surface area contributed by atoms with Crippen molar-refractivity contribution in [3.63, 3.8) is 0 Å². The Balaban J connectivity index is 4.27. The minimum absolute atomic E-state index is 0.0519. The van der Waals surface area contributed by atoms with Gasteiger partial charge >= 0.3 is 7.82 Å². The van der Waals surface area contributed by atoms with Gasteiger partial charge in [-0.15, -0.1) is 0 Å². The van der Waals surface area contributed by atoms with Crippen LogP contribution in [0.4, 0.5) is 0 Å². The van der Waals surface area contributed by atoms with Crippen molar-refractivity contribution in [3.8, 4) is 0 Å². The average Bonchev–Trinajstić information content (AvgIpc) is 3.17. The first-order valence-corrected chi connectivity index (χ1v) is 25.5. The second-order valence-electron chi connectivity index (χ2n) is 17.5. The van der Waals surface area contributed by atoms with Crippen LogP contribution in [0.25, 0.3) is 0 Å². The lowest BCUT2D eigenvalue weighted by molar-refractivity contribution is -0.870. The number of unbranched alkanes of at least 4 members (excludes halogenated alkanes) is 24. The highest BCUT2D eigenvalue weighted by Gasteiger charge is 2.27. The first-order valence-electron chi connectivity index (χ1n) is 24.0. The molecule has 0 aliphatic rings. The van der Waals surface area contributed by atoms with Crippen LogP contribution < -0.4 is 5.32 Å². The van der Waals surface area contributed by atoms with Gasteiger partial charge in [-0.05, 0) is 64.2 Å². The van der Waals surface area contributed by atoms with Crippen molar-refractivity contribution in [2.45, 2.75) is 219 Å². The minimum atomic E-state index is -4.35. The van der Waals surface area contributed by atoms with Gasteiger partial charge in [-0.3, -0.25) is 13.8 Å². The highest BCUT2D eigenvalue weighted by atomic mass is 31.2. The number of quaternary nitrogens is 1. The first-order chi connectivity index (χ1) is 28.0. The quantitative estimate of drug-likeness (QED) is 0.0244. The lowest BCUT2D eigenvalue weighted by atomic mass is 10.0. The highest BCUT2D eigenvalue weighted by Crippen LogP contribution is 2.43. The summed E-state index contributed by atoms with van der Waals surface area (Å²) >= 11 is 0. The summed E-state index contributed by atoms with van der Waals surface area (Å²) in [5, 5.41) is 13.8. The van der Waals surface area contributed by atoms with Crippen LogP contribution in [-0.2, 0) is 18.4 Å². The Morgan fingerprint density at radius 1 is 0.569 bits per heavy atom. The van der Waals surface area contributed by atoms with Gasteiger partial charge in [0.1, 0.15) is 13.2 Å². The summed E-state index contributed by atoms with van der Waals surface area (Å²) in [6, 6.07) is -0.870. The molecule has 0 aliphatic heterocycles. The van der Waals surface area contributed by atoms with Crippen LogP contribution in [0, 0.1) is 0 Å². The molecule has 0 aromatic rings. The van der Waals surface area contributed by atoms with E-state index in [9.17, 15) is 19.4 Å². The van der Waals surface area contributed by atoms with Gasteiger partial charge in [0.05, 0.1) is 39.9 Å². The van der Waals surface area contributed by atoms with E-state index in [-0.39, 0.29) is 19.1 Å². The topological polar surface area (TPSA) is 105 Å².